The molecule has 11 nitrogen and oxygen atoms in total. The monoisotopic (exact) mass is 808 g/mol. The van der Waals surface area contributed by atoms with Crippen molar-refractivity contribution >= 4 is 39.8 Å². The Morgan fingerprint density at radius 2 is 1.69 bits per heavy atom. The van der Waals surface area contributed by atoms with Crippen molar-refractivity contribution in [3.63, 3.8) is 0 Å². The first-order valence-corrected chi connectivity index (χ1v) is 21.0. The molecule has 3 heterocycles. The predicted molar refractivity (Wildman–Crippen MR) is 216 cm³/mol. The number of hydrogen-bond donors (Lipinski definition) is 3. The van der Waals surface area contributed by atoms with Crippen LogP contribution >= 0.6 is 33.8 Å². The molecule has 1 aromatic heterocycles. The number of carboxylic acids is 1. The summed E-state index contributed by atoms with van der Waals surface area (Å²) in [5.74, 6) is 1.65. The lowest BCUT2D eigenvalue weighted by Crippen LogP contribution is -2.44. The van der Waals surface area contributed by atoms with E-state index in [0.29, 0.717) is 83.4 Å². The Balaban J connectivity index is 1.16. The van der Waals surface area contributed by atoms with E-state index in [1.165, 1.54) is 6.20 Å². The zero-order chi connectivity index (χ0) is 39.0. The number of carboxylic acid groups (broad SMARTS) is 1. The van der Waals surface area contributed by atoms with E-state index < -0.39 is 22.6 Å². The van der Waals surface area contributed by atoms with Crippen LogP contribution in [0, 0.1) is 18.3 Å². The van der Waals surface area contributed by atoms with Gasteiger partial charge in [-0.25, -0.2) is 0 Å². The first kappa shape index (κ1) is 40.6. The maximum Gasteiger partial charge on any atom is 0.320 e. The number of rotatable bonds is 15. The standard InChI is InChI=1S/C41H46Cl2N4O7S/c1-28-33(8-5-11-37(28)52-16-6-12-46-14-17-55(50,51)18-15-46)34-9-4-7-31(40(34)43)27-54-39-21-38(53-26-30-19-29(22-44)23-45-24-30)32(20-35(39)42)25-47-13-3-2-10-36(47)41(48)49/h4-5,7-9,11,19-21,23-24,36,50-51H,2-3,6,10,12-18,25-27H2,1H3,(H,48,49)/t36-/m0/s1. The lowest BCUT2D eigenvalue weighted by atomic mass is 9.98. The van der Waals surface area contributed by atoms with E-state index in [4.69, 9.17) is 37.4 Å². The second-order valence-electron chi connectivity index (χ2n) is 13.9. The molecule has 0 saturated carbocycles. The molecule has 0 radical (unpaired) electrons. The third-order valence-corrected chi connectivity index (χ3v) is 12.5. The Hall–Kier alpha value is -4.06. The van der Waals surface area contributed by atoms with Gasteiger partial charge in [0, 0.05) is 66.9 Å². The summed E-state index contributed by atoms with van der Waals surface area (Å²) in [5.41, 5.74) is 5.34. The van der Waals surface area contributed by atoms with E-state index in [0.717, 1.165) is 59.4 Å². The van der Waals surface area contributed by atoms with Gasteiger partial charge in [-0.05, 0) is 62.1 Å². The van der Waals surface area contributed by atoms with Crippen molar-refractivity contribution in [1.82, 2.24) is 14.8 Å². The van der Waals surface area contributed by atoms with Crippen LogP contribution in [0.5, 0.6) is 17.2 Å². The van der Waals surface area contributed by atoms with Crippen LogP contribution in [-0.2, 0) is 24.6 Å². The second kappa shape index (κ2) is 18.7. The van der Waals surface area contributed by atoms with E-state index >= 15 is 0 Å². The molecule has 2 aliphatic heterocycles. The molecule has 4 aromatic rings. The molecule has 2 saturated heterocycles. The van der Waals surface area contributed by atoms with Crippen LogP contribution in [0.3, 0.4) is 0 Å². The lowest BCUT2D eigenvalue weighted by molar-refractivity contribution is -0.144. The van der Waals surface area contributed by atoms with Gasteiger partial charge in [-0.15, -0.1) is 0 Å². The maximum atomic E-state index is 12.1. The minimum atomic E-state index is -2.41. The summed E-state index contributed by atoms with van der Waals surface area (Å²) in [4.78, 5) is 20.4. The van der Waals surface area contributed by atoms with Gasteiger partial charge < -0.3 is 24.2 Å². The smallest absolute Gasteiger partial charge is 0.320 e. The Kier molecular flexibility index (Phi) is 13.8. The molecule has 1 atom stereocenters. The van der Waals surface area contributed by atoms with Crippen molar-refractivity contribution in [2.24, 2.45) is 0 Å². The molecule has 2 fully saturated rings. The van der Waals surface area contributed by atoms with Gasteiger partial charge in [-0.1, -0.05) is 60.0 Å². The summed E-state index contributed by atoms with van der Waals surface area (Å²) in [6, 6.07) is 18.4. The number of ether oxygens (including phenoxy) is 3. The highest BCUT2D eigenvalue weighted by Gasteiger charge is 2.29. The first-order valence-electron chi connectivity index (χ1n) is 18.4. The van der Waals surface area contributed by atoms with E-state index in [9.17, 15) is 24.3 Å². The third kappa shape index (κ3) is 10.6. The molecule has 292 valence electrons. The molecule has 6 rings (SSSR count). The number of nitriles is 1. The van der Waals surface area contributed by atoms with E-state index in [1.807, 2.05) is 48.2 Å². The first-order chi connectivity index (χ1) is 26.5. The number of likely N-dealkylation sites (tertiary alicyclic amines) is 1. The quantitative estimate of drug-likeness (QED) is 0.0991. The summed E-state index contributed by atoms with van der Waals surface area (Å²) < 4.78 is 38.5. The summed E-state index contributed by atoms with van der Waals surface area (Å²) >= 11 is 13.9. The molecule has 55 heavy (non-hydrogen) atoms. The second-order valence-corrected chi connectivity index (χ2v) is 17.1. The maximum absolute atomic E-state index is 12.1. The zero-order valence-corrected chi connectivity index (χ0v) is 33.1. The molecule has 3 N–H and O–H groups in total. The highest BCUT2D eigenvalue weighted by atomic mass is 35.5. The molecule has 0 unspecified atom stereocenters. The summed E-state index contributed by atoms with van der Waals surface area (Å²) in [7, 11) is -2.41. The molecule has 2 aliphatic rings. The van der Waals surface area contributed by atoms with Gasteiger partial charge in [0.15, 0.2) is 0 Å². The fraction of sp³-hybridized carbons (Fsp3) is 0.390. The van der Waals surface area contributed by atoms with Crippen LogP contribution in [0.2, 0.25) is 10.0 Å². The average Bonchev–Trinajstić information content (AvgIpc) is 3.17. The highest BCUT2D eigenvalue weighted by molar-refractivity contribution is 8.24. The fourth-order valence-corrected chi connectivity index (χ4v) is 8.82. The topological polar surface area (TPSA) is 149 Å². The van der Waals surface area contributed by atoms with Crippen molar-refractivity contribution in [2.75, 3.05) is 44.3 Å². The molecule has 3 aromatic carbocycles. The third-order valence-electron chi connectivity index (χ3n) is 10.1. The number of carbonyl (C=O) groups is 1. The number of halogens is 2. The zero-order valence-electron chi connectivity index (χ0n) is 30.8. The number of piperidine rings is 1. The van der Waals surface area contributed by atoms with Gasteiger partial charge in [0.05, 0.1) is 33.7 Å². The Labute approximate surface area is 333 Å². The van der Waals surface area contributed by atoms with E-state index in [2.05, 4.69) is 16.0 Å². The van der Waals surface area contributed by atoms with E-state index in [-0.39, 0.29) is 13.2 Å². The van der Waals surface area contributed by atoms with Crippen LogP contribution in [0.15, 0.2) is 67.0 Å². The van der Waals surface area contributed by atoms with Crippen molar-refractivity contribution in [1.29, 1.82) is 5.26 Å². The van der Waals surface area contributed by atoms with Crippen LogP contribution in [-0.4, -0.2) is 85.3 Å². The number of aromatic nitrogens is 1. The SMILES string of the molecule is Cc1c(OCCCN2CCS(O)(O)CC2)cccc1-c1cccc(COc2cc(OCc3cncc(C#N)c3)c(CN3CCCC[C@H]3C(=O)O)cc2Cl)c1Cl. The van der Waals surface area contributed by atoms with Crippen molar-refractivity contribution in [2.45, 2.75) is 58.4 Å². The average molecular weight is 810 g/mol. The largest absolute Gasteiger partial charge is 0.493 e. The summed E-state index contributed by atoms with van der Waals surface area (Å²) in [6.07, 6.45) is 6.27. The molecule has 0 spiro atoms. The number of hydrogen-bond acceptors (Lipinski definition) is 10. The van der Waals surface area contributed by atoms with Crippen LogP contribution in [0.25, 0.3) is 11.1 Å². The molecular weight excluding hydrogens is 763 g/mol. The predicted octanol–water partition coefficient (Wildman–Crippen LogP) is 8.67. The lowest BCUT2D eigenvalue weighted by Gasteiger charge is -2.40. The Morgan fingerprint density at radius 1 is 0.927 bits per heavy atom. The normalized spacial score (nSPS) is 17.9. The molecule has 14 heteroatoms. The Bertz CT molecular complexity index is 2020. The van der Waals surface area contributed by atoms with Gasteiger partial charge in [-0.2, -0.15) is 15.9 Å². The van der Waals surface area contributed by atoms with Gasteiger partial charge in [0.1, 0.15) is 42.6 Å². The highest BCUT2D eigenvalue weighted by Crippen LogP contribution is 2.41. The number of pyridine rings is 1. The van der Waals surface area contributed by atoms with Gasteiger partial charge in [0.2, 0.25) is 0 Å². The Morgan fingerprint density at radius 3 is 2.47 bits per heavy atom. The summed E-state index contributed by atoms with van der Waals surface area (Å²) in [6.45, 7) is 5.97. The number of nitrogens with zero attached hydrogens (tertiary/aromatic N) is 4. The van der Waals surface area contributed by atoms with E-state index in [1.54, 1.807) is 24.4 Å². The number of aliphatic carboxylic acids is 1. The minimum absolute atomic E-state index is 0.118. The van der Waals surface area contributed by atoms with Gasteiger partial charge in [-0.3, -0.25) is 23.8 Å². The van der Waals surface area contributed by atoms with Crippen molar-refractivity contribution in [3.05, 3.63) is 105 Å². The van der Waals surface area contributed by atoms with Crippen LogP contribution in [0.1, 0.15) is 53.5 Å². The fourth-order valence-electron chi connectivity index (χ4n) is 6.99. The number of benzene rings is 3. The molecule has 0 amide bonds. The van der Waals surface area contributed by atoms with Gasteiger partial charge >= 0.3 is 5.97 Å². The minimum Gasteiger partial charge on any atom is -0.493 e. The van der Waals surface area contributed by atoms with Crippen molar-refractivity contribution < 1.29 is 33.2 Å². The van der Waals surface area contributed by atoms with Gasteiger partial charge in [0.25, 0.3) is 0 Å². The van der Waals surface area contributed by atoms with Crippen LogP contribution < -0.4 is 14.2 Å². The molecular formula is C41H46Cl2N4O7S. The summed E-state index contributed by atoms with van der Waals surface area (Å²) in [5, 5.41) is 20.1. The van der Waals surface area contributed by atoms with Crippen molar-refractivity contribution in [3.8, 4) is 34.4 Å². The molecule has 0 bridgehead atoms. The van der Waals surface area contributed by atoms with Crippen LogP contribution in [0.4, 0.5) is 0 Å². The molecule has 0 aliphatic carbocycles.